The highest BCUT2D eigenvalue weighted by Gasteiger charge is 2.43. The number of ether oxygens (including phenoxy) is 1. The third-order valence-electron chi connectivity index (χ3n) is 4.59. The predicted octanol–water partition coefficient (Wildman–Crippen LogP) is 3.04. The van der Waals surface area contributed by atoms with Crippen molar-refractivity contribution in [3.63, 3.8) is 0 Å². The van der Waals surface area contributed by atoms with Crippen molar-refractivity contribution in [2.24, 2.45) is 0 Å². The Morgan fingerprint density at radius 1 is 1.07 bits per heavy atom. The summed E-state index contributed by atoms with van der Waals surface area (Å²) in [5.41, 5.74) is 0.686. The minimum absolute atomic E-state index is 0.134. The molecule has 1 heterocycles. The third kappa shape index (κ3) is 3.80. The summed E-state index contributed by atoms with van der Waals surface area (Å²) in [6.45, 7) is 0.488. The van der Waals surface area contributed by atoms with E-state index in [1.54, 1.807) is 50.4 Å². The van der Waals surface area contributed by atoms with Crippen molar-refractivity contribution < 1.29 is 17.9 Å². The van der Waals surface area contributed by atoms with Gasteiger partial charge < -0.3 is 14.5 Å². The zero-order chi connectivity index (χ0) is 20.5. The number of nitrogens with zero attached hydrogens (tertiary/aromatic N) is 3. The fourth-order valence-electron chi connectivity index (χ4n) is 3.18. The van der Waals surface area contributed by atoms with Gasteiger partial charge in [0.1, 0.15) is 11.9 Å². The van der Waals surface area contributed by atoms with E-state index in [4.69, 9.17) is 16.3 Å². The number of rotatable bonds is 4. The largest absolute Gasteiger partial charge is 0.497 e. The lowest BCUT2D eigenvalue weighted by Crippen LogP contribution is -2.42. The van der Waals surface area contributed by atoms with Crippen LogP contribution in [0.25, 0.3) is 0 Å². The van der Waals surface area contributed by atoms with Gasteiger partial charge in [0.05, 0.1) is 12.0 Å². The van der Waals surface area contributed by atoms with Crippen molar-refractivity contribution in [1.82, 2.24) is 14.1 Å². The first kappa shape index (κ1) is 20.4. The summed E-state index contributed by atoms with van der Waals surface area (Å²) in [7, 11) is 1.01. The number of halogens is 1. The lowest BCUT2D eigenvalue weighted by Gasteiger charge is -2.31. The monoisotopic (exact) mass is 423 g/mol. The van der Waals surface area contributed by atoms with Gasteiger partial charge in [-0.3, -0.25) is 0 Å². The Balaban J connectivity index is 2.05. The van der Waals surface area contributed by atoms with Gasteiger partial charge in [0.2, 0.25) is 10.0 Å². The Labute approximate surface area is 170 Å². The Bertz CT molecular complexity index is 946. The lowest BCUT2D eigenvalue weighted by atomic mass is 10.1. The highest BCUT2D eigenvalue weighted by molar-refractivity contribution is 7.89. The van der Waals surface area contributed by atoms with Gasteiger partial charge in [-0.05, 0) is 42.0 Å². The van der Waals surface area contributed by atoms with E-state index in [0.717, 1.165) is 0 Å². The van der Waals surface area contributed by atoms with Gasteiger partial charge in [0.25, 0.3) is 0 Å². The number of hydrogen-bond acceptors (Lipinski definition) is 4. The maximum absolute atomic E-state index is 13.3. The van der Waals surface area contributed by atoms with E-state index in [1.165, 1.54) is 33.5 Å². The molecule has 0 aliphatic carbocycles. The maximum atomic E-state index is 13.3. The van der Waals surface area contributed by atoms with Gasteiger partial charge in [-0.25, -0.2) is 13.2 Å². The van der Waals surface area contributed by atoms with E-state index in [1.807, 2.05) is 0 Å². The molecule has 28 heavy (non-hydrogen) atoms. The maximum Gasteiger partial charge on any atom is 0.321 e. The van der Waals surface area contributed by atoms with E-state index in [2.05, 4.69) is 0 Å². The average molecular weight is 424 g/mol. The molecule has 0 spiro atoms. The summed E-state index contributed by atoms with van der Waals surface area (Å²) < 4.78 is 33.1. The van der Waals surface area contributed by atoms with Gasteiger partial charge >= 0.3 is 6.03 Å². The number of sulfonamides is 1. The van der Waals surface area contributed by atoms with Gasteiger partial charge in [0.15, 0.2) is 0 Å². The van der Waals surface area contributed by atoms with Crippen LogP contribution in [0.2, 0.25) is 5.02 Å². The normalized spacial score (nSPS) is 17.6. The standard InChI is InChI=1S/C19H22ClN3O4S/c1-21(2)19(24)22-12-13-23(18(22)14-4-8-16(27-3)9-5-14)28(25,26)17-10-6-15(20)7-11-17/h4-11,18H,12-13H2,1-3H3. The molecule has 0 aromatic heterocycles. The van der Waals surface area contributed by atoms with E-state index in [-0.39, 0.29) is 17.5 Å². The SMILES string of the molecule is COc1ccc(C2N(C(=O)N(C)C)CCN2S(=O)(=O)c2ccc(Cl)cc2)cc1. The van der Waals surface area contributed by atoms with Gasteiger partial charge in [-0.15, -0.1) is 0 Å². The number of hydrogen-bond donors (Lipinski definition) is 0. The minimum Gasteiger partial charge on any atom is -0.497 e. The summed E-state index contributed by atoms with van der Waals surface area (Å²) in [6.07, 6.45) is -0.749. The molecule has 2 aromatic carbocycles. The number of benzene rings is 2. The Morgan fingerprint density at radius 2 is 1.68 bits per heavy atom. The quantitative estimate of drug-likeness (QED) is 0.757. The Morgan fingerprint density at radius 3 is 2.21 bits per heavy atom. The van der Waals surface area contributed by atoms with Crippen molar-refractivity contribution in [2.75, 3.05) is 34.3 Å². The van der Waals surface area contributed by atoms with Crippen molar-refractivity contribution in [2.45, 2.75) is 11.1 Å². The number of amides is 2. The molecule has 1 fully saturated rings. The van der Waals surface area contributed by atoms with Gasteiger partial charge in [-0.2, -0.15) is 4.31 Å². The van der Waals surface area contributed by atoms with Crippen molar-refractivity contribution in [3.8, 4) is 5.75 Å². The average Bonchev–Trinajstić information content (AvgIpc) is 3.13. The van der Waals surface area contributed by atoms with Crippen LogP contribution in [-0.4, -0.2) is 62.8 Å². The van der Waals surface area contributed by atoms with Crippen LogP contribution in [-0.2, 0) is 10.0 Å². The van der Waals surface area contributed by atoms with Crippen LogP contribution in [0.3, 0.4) is 0 Å². The zero-order valence-electron chi connectivity index (χ0n) is 15.9. The Hall–Kier alpha value is -2.29. The molecule has 9 heteroatoms. The lowest BCUT2D eigenvalue weighted by molar-refractivity contribution is 0.151. The van der Waals surface area contributed by atoms with E-state index in [9.17, 15) is 13.2 Å². The molecule has 0 N–H and O–H groups in total. The summed E-state index contributed by atoms with van der Waals surface area (Å²) in [5.74, 6) is 0.652. The topological polar surface area (TPSA) is 70.2 Å². The molecule has 1 aliphatic rings. The van der Waals surface area contributed by atoms with Crippen LogP contribution in [0.4, 0.5) is 4.79 Å². The van der Waals surface area contributed by atoms with Gasteiger partial charge in [-0.1, -0.05) is 23.7 Å². The summed E-state index contributed by atoms with van der Waals surface area (Å²) in [5, 5.41) is 0.455. The molecule has 1 aliphatic heterocycles. The first-order valence-corrected chi connectivity index (χ1v) is 10.5. The molecule has 2 aromatic rings. The van der Waals surface area contributed by atoms with Crippen LogP contribution in [0, 0.1) is 0 Å². The van der Waals surface area contributed by atoms with Crippen molar-refractivity contribution in [1.29, 1.82) is 0 Å². The number of methoxy groups -OCH3 is 1. The number of carbonyl (C=O) groups is 1. The molecule has 3 rings (SSSR count). The van der Waals surface area contributed by atoms with E-state index in [0.29, 0.717) is 22.9 Å². The second-order valence-corrected chi connectivity index (χ2v) is 8.91. The first-order chi connectivity index (χ1) is 13.3. The van der Waals surface area contributed by atoms with E-state index >= 15 is 0 Å². The summed E-state index contributed by atoms with van der Waals surface area (Å²) in [6, 6.07) is 12.8. The first-order valence-electron chi connectivity index (χ1n) is 8.65. The third-order valence-corrected chi connectivity index (χ3v) is 6.71. The molecule has 2 amide bonds. The molecule has 0 saturated carbocycles. The molecular weight excluding hydrogens is 402 g/mol. The summed E-state index contributed by atoms with van der Waals surface area (Å²) >= 11 is 5.90. The summed E-state index contributed by atoms with van der Waals surface area (Å²) in [4.78, 5) is 15.8. The highest BCUT2D eigenvalue weighted by atomic mass is 35.5. The van der Waals surface area contributed by atoms with Gasteiger partial charge in [0, 0.05) is 32.2 Å². The Kier molecular flexibility index (Phi) is 5.83. The fourth-order valence-corrected chi connectivity index (χ4v) is 4.88. The fraction of sp³-hybridized carbons (Fsp3) is 0.316. The molecular formula is C19H22ClN3O4S. The molecule has 1 atom stereocenters. The highest BCUT2D eigenvalue weighted by Crippen LogP contribution is 2.36. The number of carbonyl (C=O) groups excluding carboxylic acids is 1. The van der Waals surface area contributed by atoms with Crippen molar-refractivity contribution in [3.05, 3.63) is 59.1 Å². The molecule has 7 nitrogen and oxygen atoms in total. The van der Waals surface area contributed by atoms with Crippen LogP contribution in [0.5, 0.6) is 5.75 Å². The number of urea groups is 1. The van der Waals surface area contributed by atoms with Crippen LogP contribution < -0.4 is 4.74 Å². The predicted molar refractivity (Wildman–Crippen MR) is 107 cm³/mol. The molecule has 150 valence electrons. The van der Waals surface area contributed by atoms with Crippen LogP contribution in [0.15, 0.2) is 53.4 Å². The second kappa shape index (κ2) is 7.98. The van der Waals surface area contributed by atoms with E-state index < -0.39 is 16.2 Å². The second-order valence-electron chi connectivity index (χ2n) is 6.59. The molecule has 0 bridgehead atoms. The van der Waals surface area contributed by atoms with Crippen LogP contribution in [0.1, 0.15) is 11.7 Å². The molecule has 1 unspecified atom stereocenters. The molecule has 1 saturated heterocycles. The van der Waals surface area contributed by atoms with Crippen LogP contribution >= 0.6 is 11.6 Å². The zero-order valence-corrected chi connectivity index (χ0v) is 17.4. The minimum atomic E-state index is -3.83. The smallest absolute Gasteiger partial charge is 0.321 e. The van der Waals surface area contributed by atoms with Crippen molar-refractivity contribution >= 4 is 27.7 Å². The molecule has 0 radical (unpaired) electrons.